The lowest BCUT2D eigenvalue weighted by atomic mass is 9.90. The molecule has 2 saturated heterocycles. The zero-order valence-corrected chi connectivity index (χ0v) is 13.3. The van der Waals surface area contributed by atoms with Gasteiger partial charge in [0, 0.05) is 24.9 Å². The van der Waals surface area contributed by atoms with E-state index in [2.05, 4.69) is 5.32 Å². The Hall–Kier alpha value is -1.92. The third-order valence-corrected chi connectivity index (χ3v) is 4.73. The molecule has 1 aromatic rings. The van der Waals surface area contributed by atoms with E-state index in [1.165, 1.54) is 0 Å². The summed E-state index contributed by atoms with van der Waals surface area (Å²) >= 11 is 0. The largest absolute Gasteiger partial charge is 0.381 e. The fourth-order valence-corrected chi connectivity index (χ4v) is 3.29. The first kappa shape index (κ1) is 16.0. The molecule has 6 nitrogen and oxygen atoms in total. The van der Waals surface area contributed by atoms with Gasteiger partial charge in [0.1, 0.15) is 6.04 Å². The summed E-state index contributed by atoms with van der Waals surface area (Å²) in [5.74, 6) is -0.325. The fourth-order valence-electron chi connectivity index (χ4n) is 3.29. The number of nitrogens with zero attached hydrogens (tertiary/aromatic N) is 1. The van der Waals surface area contributed by atoms with Gasteiger partial charge >= 0.3 is 0 Å². The van der Waals surface area contributed by atoms with Crippen molar-refractivity contribution in [3.05, 3.63) is 30.3 Å². The minimum Gasteiger partial charge on any atom is -0.381 e. The normalized spacial score (nSPS) is 27.0. The Morgan fingerprint density at radius 1 is 1.30 bits per heavy atom. The van der Waals surface area contributed by atoms with Crippen LogP contribution in [0, 0.1) is 0 Å². The number of carbonyl (C=O) groups excluding carboxylic acids is 2. The Bertz CT molecular complexity index is 584. The summed E-state index contributed by atoms with van der Waals surface area (Å²) in [6, 6.07) is 9.05. The van der Waals surface area contributed by atoms with Crippen molar-refractivity contribution in [3.63, 3.8) is 0 Å². The van der Waals surface area contributed by atoms with E-state index in [9.17, 15) is 9.59 Å². The van der Waals surface area contributed by atoms with E-state index in [-0.39, 0.29) is 17.9 Å². The van der Waals surface area contributed by atoms with Crippen molar-refractivity contribution >= 4 is 17.5 Å². The van der Waals surface area contributed by atoms with Crippen molar-refractivity contribution in [1.82, 2.24) is 5.32 Å². The Morgan fingerprint density at radius 3 is 2.61 bits per heavy atom. The Morgan fingerprint density at radius 2 is 1.96 bits per heavy atom. The van der Waals surface area contributed by atoms with E-state index in [1.807, 2.05) is 37.3 Å². The molecule has 2 heterocycles. The second-order valence-electron chi connectivity index (χ2n) is 6.42. The van der Waals surface area contributed by atoms with Crippen LogP contribution in [0.3, 0.4) is 0 Å². The zero-order chi connectivity index (χ0) is 16.4. The minimum atomic E-state index is -0.929. The number of benzene rings is 1. The molecule has 1 aromatic carbocycles. The molecule has 0 spiro atoms. The fraction of sp³-hybridized carbons (Fsp3) is 0.529. The van der Waals surface area contributed by atoms with Crippen molar-refractivity contribution in [2.24, 2.45) is 5.73 Å². The van der Waals surface area contributed by atoms with Gasteiger partial charge in [-0.05, 0) is 38.3 Å². The topological polar surface area (TPSA) is 84.7 Å². The molecule has 2 aliphatic heterocycles. The molecule has 6 heteroatoms. The molecular formula is C17H23N3O3. The van der Waals surface area contributed by atoms with Gasteiger partial charge in [-0.2, -0.15) is 0 Å². The molecule has 2 atom stereocenters. The average Bonchev–Trinajstić information content (AvgIpc) is 2.83. The molecule has 0 aromatic heterocycles. The van der Waals surface area contributed by atoms with Crippen molar-refractivity contribution in [3.8, 4) is 0 Å². The maximum Gasteiger partial charge on any atom is 0.249 e. The average molecular weight is 317 g/mol. The van der Waals surface area contributed by atoms with Gasteiger partial charge in [0.2, 0.25) is 11.8 Å². The van der Waals surface area contributed by atoms with E-state index in [0.717, 1.165) is 5.69 Å². The number of nitrogens with two attached hydrogens (primary N) is 1. The van der Waals surface area contributed by atoms with E-state index in [4.69, 9.17) is 10.5 Å². The number of amides is 2. The molecular weight excluding hydrogens is 294 g/mol. The smallest absolute Gasteiger partial charge is 0.249 e. The first-order valence-corrected chi connectivity index (χ1v) is 8.07. The molecule has 2 amide bonds. The van der Waals surface area contributed by atoms with Crippen LogP contribution in [0.2, 0.25) is 0 Å². The highest BCUT2D eigenvalue weighted by molar-refractivity contribution is 6.02. The van der Waals surface area contributed by atoms with Gasteiger partial charge < -0.3 is 20.7 Å². The predicted molar refractivity (Wildman–Crippen MR) is 86.9 cm³/mol. The summed E-state index contributed by atoms with van der Waals surface area (Å²) in [6.45, 7) is 2.95. The lowest BCUT2D eigenvalue weighted by molar-refractivity contribution is -0.132. The van der Waals surface area contributed by atoms with Crippen LogP contribution in [0.25, 0.3) is 0 Å². The number of carbonyl (C=O) groups is 2. The molecule has 0 saturated carbocycles. The molecule has 23 heavy (non-hydrogen) atoms. The number of hydrogen-bond acceptors (Lipinski definition) is 4. The lowest BCUT2D eigenvalue weighted by Crippen LogP contribution is -2.59. The minimum absolute atomic E-state index is 0.0404. The molecule has 2 aliphatic rings. The second kappa shape index (κ2) is 6.29. The molecule has 2 fully saturated rings. The SMILES string of the molecule is CC1CC(NC(=O)C2(N)CCOCC2)C(=O)N1c1ccccc1. The molecule has 3 N–H and O–H groups in total. The predicted octanol–water partition coefficient (Wildman–Crippen LogP) is 0.805. The van der Waals surface area contributed by atoms with Crippen molar-refractivity contribution in [2.75, 3.05) is 18.1 Å². The zero-order valence-electron chi connectivity index (χ0n) is 13.3. The van der Waals surface area contributed by atoms with Gasteiger partial charge in [-0.1, -0.05) is 18.2 Å². The van der Waals surface area contributed by atoms with Crippen LogP contribution in [-0.2, 0) is 14.3 Å². The first-order chi connectivity index (χ1) is 11.0. The summed E-state index contributed by atoms with van der Waals surface area (Å²) in [5, 5.41) is 2.86. The summed E-state index contributed by atoms with van der Waals surface area (Å²) in [4.78, 5) is 26.9. The number of hydrogen-bond donors (Lipinski definition) is 2. The summed E-state index contributed by atoms with van der Waals surface area (Å²) in [5.41, 5.74) is 6.12. The van der Waals surface area contributed by atoms with Crippen molar-refractivity contribution in [2.45, 2.75) is 43.8 Å². The van der Waals surface area contributed by atoms with Crippen LogP contribution < -0.4 is 16.0 Å². The van der Waals surface area contributed by atoms with Gasteiger partial charge in [-0.15, -0.1) is 0 Å². The number of nitrogens with one attached hydrogen (secondary N) is 1. The maximum atomic E-state index is 12.7. The Kier molecular flexibility index (Phi) is 4.37. The van der Waals surface area contributed by atoms with Gasteiger partial charge in [0.25, 0.3) is 0 Å². The molecule has 0 bridgehead atoms. The van der Waals surface area contributed by atoms with Crippen LogP contribution in [0.4, 0.5) is 5.69 Å². The molecule has 2 unspecified atom stereocenters. The first-order valence-electron chi connectivity index (χ1n) is 8.07. The highest BCUT2D eigenvalue weighted by atomic mass is 16.5. The number of para-hydroxylation sites is 1. The molecule has 3 rings (SSSR count). The van der Waals surface area contributed by atoms with E-state index in [1.54, 1.807) is 4.90 Å². The third-order valence-electron chi connectivity index (χ3n) is 4.73. The van der Waals surface area contributed by atoms with Gasteiger partial charge in [0.15, 0.2) is 0 Å². The van der Waals surface area contributed by atoms with Crippen LogP contribution in [-0.4, -0.2) is 42.7 Å². The Labute approximate surface area is 136 Å². The quantitative estimate of drug-likeness (QED) is 0.864. The number of anilines is 1. The maximum absolute atomic E-state index is 12.7. The van der Waals surface area contributed by atoms with E-state index < -0.39 is 11.6 Å². The molecule has 0 aliphatic carbocycles. The summed E-state index contributed by atoms with van der Waals surface area (Å²) in [6.07, 6.45) is 1.56. The highest BCUT2D eigenvalue weighted by Gasteiger charge is 2.42. The lowest BCUT2D eigenvalue weighted by Gasteiger charge is -2.32. The summed E-state index contributed by atoms with van der Waals surface area (Å²) < 4.78 is 5.26. The van der Waals surface area contributed by atoms with Crippen LogP contribution in [0.5, 0.6) is 0 Å². The van der Waals surface area contributed by atoms with Crippen LogP contribution in [0.15, 0.2) is 30.3 Å². The van der Waals surface area contributed by atoms with Gasteiger partial charge in [0.05, 0.1) is 5.54 Å². The van der Waals surface area contributed by atoms with E-state index in [0.29, 0.717) is 32.5 Å². The Balaban J connectivity index is 1.70. The van der Waals surface area contributed by atoms with Crippen LogP contribution >= 0.6 is 0 Å². The number of ether oxygens (including phenoxy) is 1. The summed E-state index contributed by atoms with van der Waals surface area (Å²) in [7, 11) is 0. The van der Waals surface area contributed by atoms with Gasteiger partial charge in [-0.25, -0.2) is 0 Å². The van der Waals surface area contributed by atoms with E-state index >= 15 is 0 Å². The number of rotatable bonds is 3. The third kappa shape index (κ3) is 3.09. The molecule has 124 valence electrons. The standard InChI is InChI=1S/C17H23N3O3/c1-12-11-14(15(21)20(12)13-5-3-2-4-6-13)19-16(22)17(18)7-9-23-10-8-17/h2-6,12,14H,7-11,18H2,1H3,(H,19,22). The van der Waals surface area contributed by atoms with Crippen molar-refractivity contribution in [1.29, 1.82) is 0 Å². The second-order valence-corrected chi connectivity index (χ2v) is 6.42. The monoisotopic (exact) mass is 317 g/mol. The van der Waals surface area contributed by atoms with Crippen molar-refractivity contribution < 1.29 is 14.3 Å². The molecule has 0 radical (unpaired) electrons. The van der Waals surface area contributed by atoms with Crippen LogP contribution in [0.1, 0.15) is 26.2 Å². The highest BCUT2D eigenvalue weighted by Crippen LogP contribution is 2.27. The van der Waals surface area contributed by atoms with Gasteiger partial charge in [-0.3, -0.25) is 9.59 Å².